The molecule has 0 aliphatic rings. The third-order valence-corrected chi connectivity index (χ3v) is 5.82. The molecule has 32 heavy (non-hydrogen) atoms. The first kappa shape index (κ1) is 21.6. The first-order chi connectivity index (χ1) is 15.6. The van der Waals surface area contributed by atoms with Gasteiger partial charge < -0.3 is 9.47 Å². The fourth-order valence-corrected chi connectivity index (χ4v) is 4.04. The van der Waals surface area contributed by atoms with Gasteiger partial charge in [0.15, 0.2) is 11.5 Å². The van der Waals surface area contributed by atoms with Crippen LogP contribution in [0.4, 0.5) is 5.13 Å². The van der Waals surface area contributed by atoms with Gasteiger partial charge in [-0.25, -0.2) is 4.98 Å². The first-order valence-electron chi connectivity index (χ1n) is 10.3. The predicted molar refractivity (Wildman–Crippen MR) is 132 cm³/mol. The van der Waals surface area contributed by atoms with Crippen molar-refractivity contribution in [1.82, 2.24) is 4.98 Å². The lowest BCUT2D eigenvalue weighted by atomic mass is 10.1. The molecule has 0 aliphatic carbocycles. The van der Waals surface area contributed by atoms with Crippen LogP contribution >= 0.6 is 11.3 Å². The molecule has 0 amide bonds. The molecule has 4 aromatic rings. The Morgan fingerprint density at radius 2 is 1.75 bits per heavy atom. The van der Waals surface area contributed by atoms with E-state index in [1.807, 2.05) is 36.4 Å². The van der Waals surface area contributed by atoms with E-state index in [0.717, 1.165) is 32.4 Å². The molecule has 0 atom stereocenters. The van der Waals surface area contributed by atoms with Gasteiger partial charge in [-0.3, -0.25) is 5.43 Å². The minimum absolute atomic E-state index is 0.445. The zero-order valence-corrected chi connectivity index (χ0v) is 19.1. The highest BCUT2D eigenvalue weighted by atomic mass is 32.1. The van der Waals surface area contributed by atoms with Gasteiger partial charge in [-0.2, -0.15) is 5.10 Å². The van der Waals surface area contributed by atoms with Gasteiger partial charge in [-0.15, -0.1) is 11.3 Å². The Morgan fingerprint density at radius 1 is 0.969 bits per heavy atom. The fraction of sp³-hybridized carbons (Fsp3) is 0.154. The van der Waals surface area contributed by atoms with Crippen molar-refractivity contribution in [2.75, 3.05) is 12.5 Å². The number of anilines is 1. The van der Waals surface area contributed by atoms with E-state index in [2.05, 4.69) is 65.8 Å². The Bertz CT molecular complexity index is 1200. The number of hydrogen-bond acceptors (Lipinski definition) is 6. The molecule has 1 N–H and O–H groups in total. The molecule has 1 aromatic heterocycles. The molecule has 0 aliphatic heterocycles. The van der Waals surface area contributed by atoms with Crippen LogP contribution in [-0.4, -0.2) is 18.3 Å². The summed E-state index contributed by atoms with van der Waals surface area (Å²) in [6.07, 6.45) is 1.73. The summed E-state index contributed by atoms with van der Waals surface area (Å²) < 4.78 is 11.6. The molecule has 6 heteroatoms. The monoisotopic (exact) mass is 443 g/mol. The number of methoxy groups -OCH3 is 1. The minimum atomic E-state index is 0.445. The lowest BCUT2D eigenvalue weighted by Crippen LogP contribution is -2.01. The lowest BCUT2D eigenvalue weighted by molar-refractivity contribution is 0.284. The number of nitrogens with one attached hydrogen (secondary N) is 1. The maximum Gasteiger partial charge on any atom is 0.204 e. The Balaban J connectivity index is 1.50. The summed E-state index contributed by atoms with van der Waals surface area (Å²) in [5.41, 5.74) is 8.25. The third kappa shape index (κ3) is 5.15. The number of hydrogen-bond donors (Lipinski definition) is 1. The number of aryl methyl sites for hydroxylation is 2. The molecule has 0 bridgehead atoms. The third-order valence-electron chi connectivity index (χ3n) is 4.94. The second kappa shape index (κ2) is 10.1. The van der Waals surface area contributed by atoms with Crippen molar-refractivity contribution in [3.8, 4) is 22.8 Å². The summed E-state index contributed by atoms with van der Waals surface area (Å²) in [4.78, 5) is 5.82. The number of ether oxygens (including phenoxy) is 2. The summed E-state index contributed by atoms with van der Waals surface area (Å²) in [5, 5.41) is 5.14. The standard InChI is InChI=1S/C26H25N3O2S/c1-18-12-14-20(15-13-18)17-31-25-22(10-7-11-23(25)30-3)16-27-29-26-28-24(19(2)32-26)21-8-5-4-6-9-21/h4-16H,17H2,1-3H3,(H,28,29)/b27-16+. The van der Waals surface area contributed by atoms with Crippen LogP contribution < -0.4 is 14.9 Å². The van der Waals surface area contributed by atoms with Gasteiger partial charge >= 0.3 is 0 Å². The van der Waals surface area contributed by atoms with Crippen molar-refractivity contribution in [3.05, 3.63) is 94.4 Å². The van der Waals surface area contributed by atoms with Crippen LogP contribution in [0.15, 0.2) is 77.9 Å². The Morgan fingerprint density at radius 3 is 2.50 bits per heavy atom. The second-order valence-corrected chi connectivity index (χ2v) is 8.52. The SMILES string of the molecule is COc1cccc(/C=N/Nc2nc(-c3ccccc3)c(C)s2)c1OCc1ccc(C)cc1. The van der Waals surface area contributed by atoms with Gasteiger partial charge in [0.1, 0.15) is 6.61 Å². The average Bonchev–Trinajstić information content (AvgIpc) is 3.20. The maximum atomic E-state index is 6.11. The molecule has 3 aromatic carbocycles. The number of benzene rings is 3. The van der Waals surface area contributed by atoms with Crippen molar-refractivity contribution in [3.63, 3.8) is 0 Å². The molecule has 4 rings (SSSR count). The smallest absolute Gasteiger partial charge is 0.204 e. The summed E-state index contributed by atoms with van der Waals surface area (Å²) in [6, 6.07) is 24.2. The van der Waals surface area contributed by atoms with Crippen molar-refractivity contribution >= 4 is 22.7 Å². The van der Waals surface area contributed by atoms with Gasteiger partial charge in [-0.1, -0.05) is 66.2 Å². The van der Waals surface area contributed by atoms with Crippen LogP contribution in [0.2, 0.25) is 0 Å². The van der Waals surface area contributed by atoms with Crippen LogP contribution in [0.3, 0.4) is 0 Å². The van der Waals surface area contributed by atoms with Crippen LogP contribution in [0.5, 0.6) is 11.5 Å². The van der Waals surface area contributed by atoms with Crippen molar-refractivity contribution < 1.29 is 9.47 Å². The highest BCUT2D eigenvalue weighted by Gasteiger charge is 2.11. The van der Waals surface area contributed by atoms with Gasteiger partial charge in [0.25, 0.3) is 0 Å². The number of hydrazone groups is 1. The Labute approximate surface area is 192 Å². The normalized spacial score (nSPS) is 11.0. The highest BCUT2D eigenvalue weighted by molar-refractivity contribution is 7.15. The van der Waals surface area contributed by atoms with E-state index in [0.29, 0.717) is 18.1 Å². The molecule has 1 heterocycles. The number of rotatable bonds is 8. The van der Waals surface area contributed by atoms with Crippen LogP contribution in [0.25, 0.3) is 11.3 Å². The quantitative estimate of drug-likeness (QED) is 0.251. The summed E-state index contributed by atoms with van der Waals surface area (Å²) >= 11 is 1.57. The molecule has 5 nitrogen and oxygen atoms in total. The Kier molecular flexibility index (Phi) is 6.82. The van der Waals surface area contributed by atoms with Crippen molar-refractivity contribution in [1.29, 1.82) is 0 Å². The topological polar surface area (TPSA) is 55.7 Å². The average molecular weight is 444 g/mol. The molecule has 0 fully saturated rings. The van der Waals surface area contributed by atoms with E-state index in [1.165, 1.54) is 5.56 Å². The molecular weight excluding hydrogens is 418 g/mol. The van der Waals surface area contributed by atoms with Gasteiger partial charge in [0, 0.05) is 16.0 Å². The van der Waals surface area contributed by atoms with Gasteiger partial charge in [0.05, 0.1) is 19.0 Å². The highest BCUT2D eigenvalue weighted by Crippen LogP contribution is 2.32. The summed E-state index contributed by atoms with van der Waals surface area (Å²) in [7, 11) is 1.64. The van der Waals surface area contributed by atoms with Gasteiger partial charge in [-0.05, 0) is 31.5 Å². The molecule has 0 radical (unpaired) electrons. The van der Waals surface area contributed by atoms with Crippen LogP contribution in [0, 0.1) is 13.8 Å². The molecule has 0 spiro atoms. The van der Waals surface area contributed by atoms with Crippen molar-refractivity contribution in [2.24, 2.45) is 5.10 Å². The zero-order chi connectivity index (χ0) is 22.3. The largest absolute Gasteiger partial charge is 0.493 e. The van der Waals surface area contributed by atoms with Gasteiger partial charge in [0.2, 0.25) is 5.13 Å². The van der Waals surface area contributed by atoms with Crippen LogP contribution in [0.1, 0.15) is 21.6 Å². The lowest BCUT2D eigenvalue weighted by Gasteiger charge is -2.13. The van der Waals surface area contributed by atoms with E-state index < -0.39 is 0 Å². The minimum Gasteiger partial charge on any atom is -0.493 e. The summed E-state index contributed by atoms with van der Waals surface area (Å²) in [6.45, 7) is 4.58. The molecule has 0 saturated carbocycles. The Hall–Kier alpha value is -3.64. The number of aromatic nitrogens is 1. The number of thiazole rings is 1. The van der Waals surface area contributed by atoms with E-state index in [-0.39, 0.29) is 0 Å². The maximum absolute atomic E-state index is 6.11. The van der Waals surface area contributed by atoms with E-state index in [9.17, 15) is 0 Å². The first-order valence-corrected chi connectivity index (χ1v) is 11.1. The molecule has 0 saturated heterocycles. The molecular formula is C26H25N3O2S. The molecule has 0 unspecified atom stereocenters. The van der Waals surface area contributed by atoms with E-state index in [4.69, 9.17) is 9.47 Å². The predicted octanol–water partition coefficient (Wildman–Crippen LogP) is 6.46. The van der Waals surface area contributed by atoms with Crippen LogP contribution in [-0.2, 0) is 6.61 Å². The number of para-hydroxylation sites is 1. The van der Waals surface area contributed by atoms with Crippen molar-refractivity contribution in [2.45, 2.75) is 20.5 Å². The number of nitrogens with zero attached hydrogens (tertiary/aromatic N) is 2. The zero-order valence-electron chi connectivity index (χ0n) is 18.3. The fourth-order valence-electron chi connectivity index (χ4n) is 3.25. The van der Waals surface area contributed by atoms with E-state index in [1.54, 1.807) is 24.7 Å². The molecule has 162 valence electrons. The van der Waals surface area contributed by atoms with E-state index >= 15 is 0 Å². The second-order valence-electron chi connectivity index (χ2n) is 7.31. The summed E-state index contributed by atoms with van der Waals surface area (Å²) in [5.74, 6) is 1.32.